The Morgan fingerprint density at radius 1 is 1.35 bits per heavy atom. The Morgan fingerprint density at radius 2 is 2.09 bits per heavy atom. The molecule has 1 saturated heterocycles. The summed E-state index contributed by atoms with van der Waals surface area (Å²) < 4.78 is 24.6. The average molecular weight is 337 g/mol. The molecule has 0 atom stereocenters. The zero-order valence-corrected chi connectivity index (χ0v) is 14.4. The highest BCUT2D eigenvalue weighted by Crippen LogP contribution is 2.23. The molecule has 0 aromatic carbocycles. The van der Waals surface area contributed by atoms with Gasteiger partial charge in [0.15, 0.2) is 0 Å². The first-order chi connectivity index (χ1) is 10.9. The predicted octanol–water partition coefficient (Wildman–Crippen LogP) is 1.87. The van der Waals surface area contributed by atoms with Crippen LogP contribution in [0.25, 0.3) is 5.65 Å². The Kier molecular flexibility index (Phi) is 4.52. The molecule has 8 heteroatoms. The van der Waals surface area contributed by atoms with Gasteiger partial charge in [-0.3, -0.25) is 0 Å². The quantitative estimate of drug-likeness (QED) is 0.896. The summed E-state index contributed by atoms with van der Waals surface area (Å²) >= 11 is 0. The molecule has 7 nitrogen and oxygen atoms in total. The van der Waals surface area contributed by atoms with Gasteiger partial charge < -0.3 is 5.32 Å². The molecule has 2 aromatic heterocycles. The van der Waals surface area contributed by atoms with E-state index in [0.29, 0.717) is 23.3 Å². The van der Waals surface area contributed by atoms with Gasteiger partial charge in [0.1, 0.15) is 16.2 Å². The first-order valence-electron chi connectivity index (χ1n) is 8.10. The van der Waals surface area contributed by atoms with E-state index in [4.69, 9.17) is 0 Å². The second-order valence-electron chi connectivity index (χ2n) is 6.55. The van der Waals surface area contributed by atoms with E-state index in [1.165, 1.54) is 0 Å². The van der Waals surface area contributed by atoms with Crippen LogP contribution in [0.3, 0.4) is 0 Å². The molecule has 1 aliphatic heterocycles. The fourth-order valence-corrected chi connectivity index (χ4v) is 4.49. The molecule has 23 heavy (non-hydrogen) atoms. The monoisotopic (exact) mass is 337 g/mol. The molecule has 0 unspecified atom stereocenters. The van der Waals surface area contributed by atoms with Crippen molar-refractivity contribution in [2.75, 3.05) is 23.4 Å². The van der Waals surface area contributed by atoms with Gasteiger partial charge in [-0.25, -0.2) is 8.42 Å². The molecule has 2 aromatic rings. The number of nitrogens with one attached hydrogen (secondary N) is 1. The second kappa shape index (κ2) is 6.43. The number of nitrogens with zero attached hydrogens (tertiary/aromatic N) is 4. The first-order valence-corrected chi connectivity index (χ1v) is 9.92. The van der Waals surface area contributed by atoms with Crippen molar-refractivity contribution in [3.8, 4) is 0 Å². The summed E-state index contributed by atoms with van der Waals surface area (Å²) in [6.07, 6.45) is 4.13. The van der Waals surface area contributed by atoms with Gasteiger partial charge in [0, 0.05) is 6.54 Å². The van der Waals surface area contributed by atoms with Crippen LogP contribution in [0.5, 0.6) is 0 Å². The predicted molar refractivity (Wildman–Crippen MR) is 89.4 cm³/mol. The van der Waals surface area contributed by atoms with E-state index < -0.39 is 9.84 Å². The van der Waals surface area contributed by atoms with Gasteiger partial charge in [0.25, 0.3) is 0 Å². The highest BCUT2D eigenvalue weighted by atomic mass is 32.2. The molecular weight excluding hydrogens is 314 g/mol. The number of aromatic nitrogens is 4. The van der Waals surface area contributed by atoms with Gasteiger partial charge in [-0.2, -0.15) is 9.61 Å². The third-order valence-electron chi connectivity index (χ3n) is 4.42. The number of anilines is 1. The molecule has 1 fully saturated rings. The van der Waals surface area contributed by atoms with Crippen molar-refractivity contribution in [1.29, 1.82) is 0 Å². The van der Waals surface area contributed by atoms with E-state index >= 15 is 0 Å². The zero-order chi connectivity index (χ0) is 16.4. The Balaban J connectivity index is 1.64. The minimum absolute atomic E-state index is 0.325. The molecule has 0 bridgehead atoms. The molecular formula is C15H23N5O2S. The first kappa shape index (κ1) is 16.2. The number of hydrogen-bond donors (Lipinski definition) is 1. The van der Waals surface area contributed by atoms with Crippen LogP contribution in [0.15, 0.2) is 12.4 Å². The van der Waals surface area contributed by atoms with Gasteiger partial charge in [0.05, 0.1) is 22.9 Å². The lowest BCUT2D eigenvalue weighted by atomic mass is 9.99. The topological polar surface area (TPSA) is 89.2 Å². The SMILES string of the molecule is CC(C)c1cc(NCCC2CCS(=O)(=O)CC2)c2nncn2n1. The van der Waals surface area contributed by atoms with Gasteiger partial charge >= 0.3 is 0 Å². The van der Waals surface area contributed by atoms with E-state index in [0.717, 1.165) is 42.8 Å². The third-order valence-corrected chi connectivity index (χ3v) is 6.14. The van der Waals surface area contributed by atoms with Crippen LogP contribution in [0.1, 0.15) is 44.7 Å². The van der Waals surface area contributed by atoms with Crippen molar-refractivity contribution in [3.63, 3.8) is 0 Å². The summed E-state index contributed by atoms with van der Waals surface area (Å²) in [5, 5.41) is 16.0. The summed E-state index contributed by atoms with van der Waals surface area (Å²) in [4.78, 5) is 0. The largest absolute Gasteiger partial charge is 0.382 e. The third kappa shape index (κ3) is 3.80. The Bertz CT molecular complexity index is 770. The molecule has 1 aliphatic rings. The summed E-state index contributed by atoms with van der Waals surface area (Å²) in [5.41, 5.74) is 2.65. The van der Waals surface area contributed by atoms with Crippen LogP contribution in [0, 0.1) is 5.92 Å². The minimum atomic E-state index is -2.78. The standard InChI is InChI=1S/C15H23N5O2S/c1-11(2)13-9-14(15-18-17-10-20(15)19-13)16-6-3-12-4-7-23(21,22)8-5-12/h9-12,16H,3-8H2,1-2H3. The molecule has 0 aliphatic carbocycles. The lowest BCUT2D eigenvalue weighted by Gasteiger charge is -2.22. The smallest absolute Gasteiger partial charge is 0.200 e. The lowest BCUT2D eigenvalue weighted by molar-refractivity contribution is 0.446. The lowest BCUT2D eigenvalue weighted by Crippen LogP contribution is -2.24. The molecule has 1 N–H and O–H groups in total. The van der Waals surface area contributed by atoms with E-state index in [1.807, 2.05) is 6.07 Å². The minimum Gasteiger partial charge on any atom is -0.382 e. The van der Waals surface area contributed by atoms with Gasteiger partial charge in [-0.05, 0) is 37.2 Å². The van der Waals surface area contributed by atoms with Crippen molar-refractivity contribution in [2.24, 2.45) is 5.92 Å². The van der Waals surface area contributed by atoms with Crippen molar-refractivity contribution in [3.05, 3.63) is 18.1 Å². The maximum atomic E-state index is 11.5. The van der Waals surface area contributed by atoms with Crippen molar-refractivity contribution in [1.82, 2.24) is 19.8 Å². The van der Waals surface area contributed by atoms with Crippen molar-refractivity contribution < 1.29 is 8.42 Å². The maximum Gasteiger partial charge on any atom is 0.200 e. The van der Waals surface area contributed by atoms with Crippen molar-refractivity contribution in [2.45, 2.75) is 39.0 Å². The maximum absolute atomic E-state index is 11.5. The van der Waals surface area contributed by atoms with E-state index in [1.54, 1.807) is 10.8 Å². The molecule has 0 amide bonds. The molecule has 126 valence electrons. The number of hydrogen-bond acceptors (Lipinski definition) is 6. The van der Waals surface area contributed by atoms with Gasteiger partial charge in [-0.1, -0.05) is 13.8 Å². The van der Waals surface area contributed by atoms with Gasteiger partial charge in [0.2, 0.25) is 5.65 Å². The summed E-state index contributed by atoms with van der Waals surface area (Å²) in [5.74, 6) is 1.47. The fourth-order valence-electron chi connectivity index (χ4n) is 2.90. The summed E-state index contributed by atoms with van der Waals surface area (Å²) in [7, 11) is -2.78. The highest BCUT2D eigenvalue weighted by Gasteiger charge is 2.23. The Hall–Kier alpha value is -1.70. The molecule has 3 rings (SSSR count). The van der Waals surface area contributed by atoms with Crippen LogP contribution in [0.4, 0.5) is 5.69 Å². The second-order valence-corrected chi connectivity index (χ2v) is 8.85. The molecule has 3 heterocycles. The molecule has 0 radical (unpaired) electrons. The molecule has 0 saturated carbocycles. The number of fused-ring (bicyclic) bond motifs is 1. The summed E-state index contributed by atoms with van der Waals surface area (Å²) in [6.45, 7) is 5.00. The van der Waals surface area contributed by atoms with E-state index in [9.17, 15) is 8.42 Å². The van der Waals surface area contributed by atoms with Crippen molar-refractivity contribution >= 4 is 21.2 Å². The number of sulfone groups is 1. The Labute approximate surface area is 136 Å². The van der Waals surface area contributed by atoms with Crippen LogP contribution in [0.2, 0.25) is 0 Å². The average Bonchev–Trinajstić information content (AvgIpc) is 2.97. The molecule has 0 spiro atoms. The summed E-state index contributed by atoms with van der Waals surface area (Å²) in [6, 6.07) is 2.03. The van der Waals surface area contributed by atoms with Crippen LogP contribution >= 0.6 is 0 Å². The van der Waals surface area contributed by atoms with Crippen LogP contribution in [-0.4, -0.2) is 46.3 Å². The number of rotatable bonds is 5. The zero-order valence-electron chi connectivity index (χ0n) is 13.6. The normalized spacial score (nSPS) is 18.6. The van der Waals surface area contributed by atoms with E-state index in [-0.39, 0.29) is 0 Å². The highest BCUT2D eigenvalue weighted by molar-refractivity contribution is 7.91. The van der Waals surface area contributed by atoms with Crippen LogP contribution in [-0.2, 0) is 9.84 Å². The fraction of sp³-hybridized carbons (Fsp3) is 0.667. The Morgan fingerprint density at radius 3 is 2.78 bits per heavy atom. The van der Waals surface area contributed by atoms with Gasteiger partial charge in [-0.15, -0.1) is 10.2 Å². The van der Waals surface area contributed by atoms with Crippen LogP contribution < -0.4 is 5.32 Å². The van der Waals surface area contributed by atoms with E-state index in [2.05, 4.69) is 34.5 Å².